The average Bonchev–Trinajstić information content (AvgIpc) is 3.33. The zero-order valence-electron chi connectivity index (χ0n) is 16.5. The molecule has 0 saturated carbocycles. The Kier molecular flexibility index (Phi) is 4.75. The van der Waals surface area contributed by atoms with E-state index in [1.165, 1.54) is 5.01 Å². The first-order valence-corrected chi connectivity index (χ1v) is 10.5. The first-order chi connectivity index (χ1) is 15.0. The third kappa shape index (κ3) is 3.47. The number of anilines is 1. The Hall–Kier alpha value is -3.58. The third-order valence-corrected chi connectivity index (χ3v) is 5.80. The largest absolute Gasteiger partial charge is 0.341 e. The number of H-pyrrole nitrogens is 1. The lowest BCUT2D eigenvalue weighted by Crippen LogP contribution is -2.26. The lowest BCUT2D eigenvalue weighted by Gasteiger charge is -2.13. The topological polar surface area (TPSA) is 78.4 Å². The fraction of sp³-hybridized carbons (Fsp3) is 0.0833. The van der Waals surface area contributed by atoms with Crippen molar-refractivity contribution in [2.45, 2.75) is 12.8 Å². The predicted molar refractivity (Wildman–Crippen MR) is 123 cm³/mol. The molecule has 0 spiro atoms. The van der Waals surface area contributed by atoms with Gasteiger partial charge >= 0.3 is 0 Å². The summed E-state index contributed by atoms with van der Waals surface area (Å²) in [5, 5.41) is 5.86. The molecule has 1 aromatic heterocycles. The Morgan fingerprint density at radius 3 is 2.48 bits per heavy atom. The number of nitrogens with one attached hydrogen (secondary N) is 1. The predicted octanol–water partition coefficient (Wildman–Crippen LogP) is 5.06. The van der Waals surface area contributed by atoms with E-state index in [2.05, 4.69) is 31.0 Å². The number of hydrogen-bond acceptors (Lipinski definition) is 4. The summed E-state index contributed by atoms with van der Waals surface area (Å²) >= 11 is 3.40. The minimum absolute atomic E-state index is 0.0604. The van der Waals surface area contributed by atoms with Crippen molar-refractivity contribution >= 4 is 50.1 Å². The molecule has 0 fully saturated rings. The van der Waals surface area contributed by atoms with Crippen LogP contribution >= 0.6 is 15.9 Å². The van der Waals surface area contributed by atoms with Gasteiger partial charge in [-0.1, -0.05) is 46.3 Å². The highest BCUT2D eigenvalue weighted by molar-refractivity contribution is 9.10. The maximum absolute atomic E-state index is 13.1. The van der Waals surface area contributed by atoms with Gasteiger partial charge in [0, 0.05) is 15.6 Å². The molecule has 0 aliphatic carbocycles. The maximum Gasteiger partial charge on any atom is 0.263 e. The standard InChI is InChI=1S/C24H17BrN4O2/c1-14-21(24(31)29(28-14)18-10-8-17(25)9-11-18)23-26-19-12-7-16(13-20(19)27-23)22(30)15-5-3-2-4-6-15/h2-13,21H,1H3,(H,26,27). The van der Waals surface area contributed by atoms with Crippen LogP contribution in [0.2, 0.25) is 0 Å². The molecule has 152 valence electrons. The number of fused-ring (bicyclic) bond motifs is 1. The third-order valence-electron chi connectivity index (χ3n) is 5.27. The summed E-state index contributed by atoms with van der Waals surface area (Å²) < 4.78 is 0.929. The van der Waals surface area contributed by atoms with Gasteiger partial charge in [-0.3, -0.25) is 9.59 Å². The molecule has 1 N–H and O–H groups in total. The van der Waals surface area contributed by atoms with Crippen molar-refractivity contribution in [3.8, 4) is 0 Å². The van der Waals surface area contributed by atoms with Gasteiger partial charge in [0.15, 0.2) is 5.78 Å². The summed E-state index contributed by atoms with van der Waals surface area (Å²) in [4.78, 5) is 33.7. The molecule has 6 nitrogen and oxygen atoms in total. The number of nitrogens with zero attached hydrogens (tertiary/aromatic N) is 3. The molecule has 4 aromatic rings. The number of amides is 1. The minimum Gasteiger partial charge on any atom is -0.341 e. The SMILES string of the molecule is CC1=NN(c2ccc(Br)cc2)C(=O)C1c1nc2ccc(C(=O)c3ccccc3)cc2[nH]1. The van der Waals surface area contributed by atoms with Gasteiger partial charge in [0.05, 0.1) is 22.4 Å². The van der Waals surface area contributed by atoms with E-state index in [0.717, 1.165) is 4.47 Å². The van der Waals surface area contributed by atoms with E-state index in [9.17, 15) is 9.59 Å². The Balaban J connectivity index is 1.47. The second-order valence-corrected chi connectivity index (χ2v) is 8.27. The van der Waals surface area contributed by atoms with Crippen LogP contribution in [0.15, 0.2) is 82.4 Å². The molecule has 3 aromatic carbocycles. The van der Waals surface area contributed by atoms with Gasteiger partial charge in [-0.15, -0.1) is 0 Å². The Morgan fingerprint density at radius 1 is 1.00 bits per heavy atom. The lowest BCUT2D eigenvalue weighted by molar-refractivity contribution is -0.118. The van der Waals surface area contributed by atoms with E-state index < -0.39 is 5.92 Å². The van der Waals surface area contributed by atoms with Crippen LogP contribution in [-0.4, -0.2) is 27.4 Å². The van der Waals surface area contributed by atoms with E-state index in [1.807, 2.05) is 49.4 Å². The smallest absolute Gasteiger partial charge is 0.263 e. The van der Waals surface area contributed by atoms with E-state index >= 15 is 0 Å². The second kappa shape index (κ2) is 7.59. The van der Waals surface area contributed by atoms with Crippen LogP contribution in [0.5, 0.6) is 0 Å². The van der Waals surface area contributed by atoms with Crippen molar-refractivity contribution in [2.24, 2.45) is 5.10 Å². The zero-order valence-corrected chi connectivity index (χ0v) is 18.1. The summed E-state index contributed by atoms with van der Waals surface area (Å²) in [5.41, 5.74) is 3.95. The number of carbonyl (C=O) groups excluding carboxylic acids is 2. The highest BCUT2D eigenvalue weighted by atomic mass is 79.9. The molecule has 2 heterocycles. The molecule has 1 amide bonds. The quantitative estimate of drug-likeness (QED) is 0.421. The van der Waals surface area contributed by atoms with Crippen LogP contribution in [0.4, 0.5) is 5.69 Å². The number of ketones is 1. The van der Waals surface area contributed by atoms with Gasteiger partial charge in [0.1, 0.15) is 11.7 Å². The van der Waals surface area contributed by atoms with Crippen LogP contribution in [0.1, 0.15) is 34.6 Å². The first-order valence-electron chi connectivity index (χ1n) is 9.75. The number of rotatable bonds is 4. The van der Waals surface area contributed by atoms with Gasteiger partial charge in [-0.2, -0.15) is 10.1 Å². The van der Waals surface area contributed by atoms with Gasteiger partial charge in [0.2, 0.25) is 0 Å². The summed E-state index contributed by atoms with van der Waals surface area (Å²) in [6.45, 7) is 1.82. The minimum atomic E-state index is -0.593. The number of carbonyl (C=O) groups is 2. The van der Waals surface area contributed by atoms with Gasteiger partial charge < -0.3 is 4.98 Å². The Bertz CT molecular complexity index is 1340. The number of aromatic nitrogens is 2. The molecular formula is C24H17BrN4O2. The molecule has 1 aliphatic rings. The summed E-state index contributed by atoms with van der Waals surface area (Å²) in [6.07, 6.45) is 0. The van der Waals surface area contributed by atoms with E-state index in [-0.39, 0.29) is 11.7 Å². The van der Waals surface area contributed by atoms with E-state index in [1.54, 1.807) is 30.3 Å². The van der Waals surface area contributed by atoms with Crippen LogP contribution in [0.3, 0.4) is 0 Å². The molecule has 1 aliphatic heterocycles. The number of halogens is 1. The number of imidazole rings is 1. The number of benzene rings is 3. The molecule has 0 saturated heterocycles. The zero-order chi connectivity index (χ0) is 21.5. The molecule has 31 heavy (non-hydrogen) atoms. The van der Waals surface area contributed by atoms with Crippen LogP contribution in [-0.2, 0) is 4.79 Å². The Morgan fingerprint density at radius 2 is 1.74 bits per heavy atom. The first kappa shape index (κ1) is 19.4. The van der Waals surface area contributed by atoms with Gasteiger partial charge in [0.25, 0.3) is 5.91 Å². The van der Waals surface area contributed by atoms with Crippen molar-refractivity contribution in [3.05, 3.63) is 94.2 Å². The second-order valence-electron chi connectivity index (χ2n) is 7.35. The van der Waals surface area contributed by atoms with Gasteiger partial charge in [-0.25, -0.2) is 4.98 Å². The van der Waals surface area contributed by atoms with Crippen molar-refractivity contribution in [2.75, 3.05) is 5.01 Å². The van der Waals surface area contributed by atoms with Crippen molar-refractivity contribution < 1.29 is 9.59 Å². The average molecular weight is 473 g/mol. The molecule has 0 bridgehead atoms. The maximum atomic E-state index is 13.1. The highest BCUT2D eigenvalue weighted by Crippen LogP contribution is 2.31. The fourth-order valence-electron chi connectivity index (χ4n) is 3.71. The molecule has 0 radical (unpaired) electrons. The van der Waals surface area contributed by atoms with E-state index in [0.29, 0.717) is 39.4 Å². The summed E-state index contributed by atoms with van der Waals surface area (Å²) in [5.74, 6) is -0.302. The summed E-state index contributed by atoms with van der Waals surface area (Å²) in [7, 11) is 0. The van der Waals surface area contributed by atoms with Gasteiger partial charge in [-0.05, 0) is 49.4 Å². The number of aromatic amines is 1. The monoisotopic (exact) mass is 472 g/mol. The number of hydrogen-bond donors (Lipinski definition) is 1. The summed E-state index contributed by atoms with van der Waals surface area (Å²) in [6, 6.07) is 21.9. The molecular weight excluding hydrogens is 456 g/mol. The lowest BCUT2D eigenvalue weighted by atomic mass is 10.0. The Labute approximate surface area is 186 Å². The number of hydrazone groups is 1. The molecule has 7 heteroatoms. The van der Waals surface area contributed by atoms with E-state index in [4.69, 9.17) is 0 Å². The fourth-order valence-corrected chi connectivity index (χ4v) is 3.98. The van der Waals surface area contributed by atoms with Crippen LogP contribution in [0.25, 0.3) is 11.0 Å². The van der Waals surface area contributed by atoms with Crippen LogP contribution < -0.4 is 5.01 Å². The normalized spacial score (nSPS) is 16.1. The van der Waals surface area contributed by atoms with Crippen LogP contribution in [0, 0.1) is 0 Å². The van der Waals surface area contributed by atoms with Crippen molar-refractivity contribution in [3.63, 3.8) is 0 Å². The van der Waals surface area contributed by atoms with Crippen molar-refractivity contribution in [1.82, 2.24) is 9.97 Å². The molecule has 1 atom stereocenters. The molecule has 5 rings (SSSR count). The van der Waals surface area contributed by atoms with Crippen molar-refractivity contribution in [1.29, 1.82) is 0 Å². The highest BCUT2D eigenvalue weighted by Gasteiger charge is 2.37. The molecule has 1 unspecified atom stereocenters.